The van der Waals surface area contributed by atoms with Gasteiger partial charge in [-0.3, -0.25) is 4.79 Å². The minimum atomic E-state index is -0.0534. The molecular formula is C14H18N2O. The van der Waals surface area contributed by atoms with Crippen molar-refractivity contribution in [3.8, 4) is 0 Å². The van der Waals surface area contributed by atoms with Gasteiger partial charge in [-0.25, -0.2) is 0 Å². The van der Waals surface area contributed by atoms with Gasteiger partial charge < -0.3 is 10.3 Å². The SMILES string of the molecule is CNC(=O)c1c[nH]c2ccc(C(C)(C)C)cc12. The molecule has 0 saturated carbocycles. The van der Waals surface area contributed by atoms with E-state index in [0.717, 1.165) is 10.9 Å². The van der Waals surface area contributed by atoms with Crippen LogP contribution >= 0.6 is 0 Å². The van der Waals surface area contributed by atoms with Crippen molar-refractivity contribution in [3.63, 3.8) is 0 Å². The standard InChI is InChI=1S/C14H18N2O/c1-14(2,3)9-5-6-12-10(7-9)11(8-16-12)13(17)15-4/h5-8,16H,1-4H3,(H,15,17). The van der Waals surface area contributed by atoms with Crippen LogP contribution in [0.25, 0.3) is 10.9 Å². The number of rotatable bonds is 1. The summed E-state index contributed by atoms with van der Waals surface area (Å²) in [5.74, 6) is -0.0534. The van der Waals surface area contributed by atoms with E-state index in [1.807, 2.05) is 6.07 Å². The number of carbonyl (C=O) groups is 1. The van der Waals surface area contributed by atoms with Crippen molar-refractivity contribution >= 4 is 16.8 Å². The van der Waals surface area contributed by atoms with Crippen LogP contribution in [0.1, 0.15) is 36.7 Å². The quantitative estimate of drug-likeness (QED) is 0.777. The fourth-order valence-electron chi connectivity index (χ4n) is 1.91. The molecular weight excluding hydrogens is 212 g/mol. The summed E-state index contributed by atoms with van der Waals surface area (Å²) in [6, 6.07) is 6.23. The minimum absolute atomic E-state index is 0.0534. The monoisotopic (exact) mass is 230 g/mol. The Hall–Kier alpha value is -1.77. The molecule has 0 aliphatic heterocycles. The average Bonchev–Trinajstić information content (AvgIpc) is 2.69. The highest BCUT2D eigenvalue weighted by Crippen LogP contribution is 2.27. The van der Waals surface area contributed by atoms with Gasteiger partial charge in [-0.15, -0.1) is 0 Å². The summed E-state index contributed by atoms with van der Waals surface area (Å²) in [7, 11) is 1.65. The molecule has 0 bridgehead atoms. The lowest BCUT2D eigenvalue weighted by Gasteiger charge is -2.19. The zero-order valence-corrected chi connectivity index (χ0v) is 10.7. The van der Waals surface area contributed by atoms with E-state index in [9.17, 15) is 4.79 Å². The molecule has 0 aliphatic rings. The summed E-state index contributed by atoms with van der Waals surface area (Å²) in [6.45, 7) is 6.50. The Labute approximate surface area is 101 Å². The summed E-state index contributed by atoms with van der Waals surface area (Å²) in [5.41, 5.74) is 3.02. The largest absolute Gasteiger partial charge is 0.360 e. The van der Waals surface area contributed by atoms with Crippen molar-refractivity contribution < 1.29 is 4.79 Å². The maximum absolute atomic E-state index is 11.7. The summed E-state index contributed by atoms with van der Waals surface area (Å²) >= 11 is 0. The molecule has 0 atom stereocenters. The maximum Gasteiger partial charge on any atom is 0.253 e. The van der Waals surface area contributed by atoms with E-state index in [0.29, 0.717) is 5.56 Å². The molecule has 0 unspecified atom stereocenters. The first kappa shape index (κ1) is 11.7. The first-order valence-corrected chi connectivity index (χ1v) is 5.77. The maximum atomic E-state index is 11.7. The third kappa shape index (κ3) is 2.05. The van der Waals surface area contributed by atoms with Crippen LogP contribution in [0, 0.1) is 0 Å². The average molecular weight is 230 g/mol. The van der Waals surface area contributed by atoms with Gasteiger partial charge in [0.25, 0.3) is 5.91 Å². The Kier molecular flexibility index (Phi) is 2.69. The predicted octanol–water partition coefficient (Wildman–Crippen LogP) is 2.83. The number of carbonyl (C=O) groups excluding carboxylic acids is 1. The molecule has 2 aromatic rings. The zero-order chi connectivity index (χ0) is 12.6. The number of H-pyrrole nitrogens is 1. The number of hydrogen-bond acceptors (Lipinski definition) is 1. The second-order valence-electron chi connectivity index (χ2n) is 5.29. The molecule has 90 valence electrons. The lowest BCUT2D eigenvalue weighted by atomic mass is 9.86. The number of hydrogen-bond donors (Lipinski definition) is 2. The van der Waals surface area contributed by atoms with Crippen molar-refractivity contribution in [3.05, 3.63) is 35.5 Å². The van der Waals surface area contributed by atoms with E-state index in [2.05, 4.69) is 43.2 Å². The molecule has 0 aliphatic carbocycles. The van der Waals surface area contributed by atoms with Gasteiger partial charge in [0, 0.05) is 24.1 Å². The highest BCUT2D eigenvalue weighted by Gasteiger charge is 2.16. The van der Waals surface area contributed by atoms with Crippen LogP contribution in [-0.4, -0.2) is 17.9 Å². The fraction of sp³-hybridized carbons (Fsp3) is 0.357. The molecule has 1 amide bonds. The van der Waals surface area contributed by atoms with E-state index in [-0.39, 0.29) is 11.3 Å². The van der Waals surface area contributed by atoms with Gasteiger partial charge in [-0.05, 0) is 23.1 Å². The van der Waals surface area contributed by atoms with Crippen LogP contribution in [0.15, 0.2) is 24.4 Å². The second-order valence-corrected chi connectivity index (χ2v) is 5.29. The van der Waals surface area contributed by atoms with Crippen molar-refractivity contribution in [2.75, 3.05) is 7.05 Å². The highest BCUT2D eigenvalue weighted by molar-refractivity contribution is 6.06. The summed E-state index contributed by atoms with van der Waals surface area (Å²) < 4.78 is 0. The van der Waals surface area contributed by atoms with Gasteiger partial charge in [-0.2, -0.15) is 0 Å². The zero-order valence-electron chi connectivity index (χ0n) is 10.7. The van der Waals surface area contributed by atoms with Crippen molar-refractivity contribution in [2.45, 2.75) is 26.2 Å². The van der Waals surface area contributed by atoms with Crippen molar-refractivity contribution in [1.82, 2.24) is 10.3 Å². The number of amides is 1. The van der Waals surface area contributed by atoms with Gasteiger partial charge in [0.15, 0.2) is 0 Å². The highest BCUT2D eigenvalue weighted by atomic mass is 16.1. The topological polar surface area (TPSA) is 44.9 Å². The normalized spacial score (nSPS) is 11.8. The van der Waals surface area contributed by atoms with Gasteiger partial charge in [0.2, 0.25) is 0 Å². The Morgan fingerprint density at radius 3 is 2.59 bits per heavy atom. The first-order chi connectivity index (χ1) is 7.93. The molecule has 3 heteroatoms. The Balaban J connectivity index is 2.62. The van der Waals surface area contributed by atoms with Crippen LogP contribution in [0.4, 0.5) is 0 Å². The second kappa shape index (κ2) is 3.91. The minimum Gasteiger partial charge on any atom is -0.360 e. The number of nitrogens with one attached hydrogen (secondary N) is 2. The summed E-state index contributed by atoms with van der Waals surface area (Å²) in [6.07, 6.45) is 1.76. The summed E-state index contributed by atoms with van der Waals surface area (Å²) in [5, 5.41) is 3.64. The number of benzene rings is 1. The third-order valence-corrected chi connectivity index (χ3v) is 3.02. The fourth-order valence-corrected chi connectivity index (χ4v) is 1.91. The molecule has 0 saturated heterocycles. The van der Waals surface area contributed by atoms with Crippen LogP contribution < -0.4 is 5.32 Å². The van der Waals surface area contributed by atoms with Crippen LogP contribution in [0.3, 0.4) is 0 Å². The van der Waals surface area contributed by atoms with Gasteiger partial charge in [0.1, 0.15) is 0 Å². The van der Waals surface area contributed by atoms with E-state index < -0.39 is 0 Å². The van der Waals surface area contributed by atoms with Gasteiger partial charge in [-0.1, -0.05) is 26.8 Å². The smallest absolute Gasteiger partial charge is 0.253 e. The lowest BCUT2D eigenvalue weighted by Crippen LogP contribution is -2.17. The van der Waals surface area contributed by atoms with E-state index in [1.165, 1.54) is 5.56 Å². The van der Waals surface area contributed by atoms with Crippen molar-refractivity contribution in [2.24, 2.45) is 0 Å². The van der Waals surface area contributed by atoms with E-state index in [1.54, 1.807) is 13.2 Å². The molecule has 3 nitrogen and oxygen atoms in total. The number of fused-ring (bicyclic) bond motifs is 1. The molecule has 0 spiro atoms. The van der Waals surface area contributed by atoms with Crippen molar-refractivity contribution in [1.29, 1.82) is 0 Å². The molecule has 0 fully saturated rings. The molecule has 1 heterocycles. The Bertz CT molecular complexity index is 561. The molecule has 0 radical (unpaired) electrons. The number of aromatic amines is 1. The lowest BCUT2D eigenvalue weighted by molar-refractivity contribution is 0.0965. The van der Waals surface area contributed by atoms with Crippen LogP contribution in [0.2, 0.25) is 0 Å². The molecule has 1 aromatic carbocycles. The molecule has 1 aromatic heterocycles. The van der Waals surface area contributed by atoms with Crippen LogP contribution in [-0.2, 0) is 5.41 Å². The Morgan fingerprint density at radius 2 is 2.00 bits per heavy atom. The number of aromatic nitrogens is 1. The summed E-state index contributed by atoms with van der Waals surface area (Å²) in [4.78, 5) is 14.8. The van der Waals surface area contributed by atoms with Gasteiger partial charge >= 0.3 is 0 Å². The third-order valence-electron chi connectivity index (χ3n) is 3.02. The molecule has 2 rings (SSSR count). The van der Waals surface area contributed by atoms with Gasteiger partial charge in [0.05, 0.1) is 5.56 Å². The van der Waals surface area contributed by atoms with E-state index in [4.69, 9.17) is 0 Å². The molecule has 17 heavy (non-hydrogen) atoms. The Morgan fingerprint density at radius 1 is 1.29 bits per heavy atom. The molecule has 2 N–H and O–H groups in total. The van der Waals surface area contributed by atoms with E-state index >= 15 is 0 Å². The predicted molar refractivity (Wildman–Crippen MR) is 70.4 cm³/mol. The first-order valence-electron chi connectivity index (χ1n) is 5.77. The van der Waals surface area contributed by atoms with Crippen LogP contribution in [0.5, 0.6) is 0 Å².